The van der Waals surface area contributed by atoms with E-state index in [-0.39, 0.29) is 61.5 Å². The quantitative estimate of drug-likeness (QED) is 0.189. The van der Waals surface area contributed by atoms with Crippen LogP contribution in [0.5, 0.6) is 0 Å². The molecule has 2 unspecified atom stereocenters. The van der Waals surface area contributed by atoms with Gasteiger partial charge in [-0.15, -0.1) is 15.3 Å². The first-order valence-corrected chi connectivity index (χ1v) is 42.7. The molecule has 10 rings (SSSR count). The van der Waals surface area contributed by atoms with E-state index in [0.717, 1.165) is 130 Å². The molecule has 3 N–H and O–H groups in total. The number of rotatable bonds is 0. The molecular formula is C83H168N16O13S. The summed E-state index contributed by atoms with van der Waals surface area (Å²) >= 11 is 0. The van der Waals surface area contributed by atoms with Crippen molar-refractivity contribution in [2.24, 2.45) is 29.7 Å². The summed E-state index contributed by atoms with van der Waals surface area (Å²) in [5.41, 5.74) is 1.07. The zero-order valence-electron chi connectivity index (χ0n) is 78.7. The van der Waals surface area contributed by atoms with Gasteiger partial charge in [0.05, 0.1) is 62.5 Å². The summed E-state index contributed by atoms with van der Waals surface area (Å²) in [7, 11) is -1.15. The number of morpholine rings is 3. The summed E-state index contributed by atoms with van der Waals surface area (Å²) in [6.07, 6.45) is 5.66. The molecule has 8 aliphatic heterocycles. The largest absolute Gasteiger partial charge is 0.422 e. The maximum absolute atomic E-state index is 11.5. The third-order valence-electron chi connectivity index (χ3n) is 19.9. The molecule has 0 aromatic carbocycles. The number of carbonyl (C=O) groups is 4. The van der Waals surface area contributed by atoms with Gasteiger partial charge in [-0.3, -0.25) is 43.7 Å². The molecule has 2 atom stereocenters. The minimum atomic E-state index is -2.91. The molecule has 113 heavy (non-hydrogen) atoms. The van der Waals surface area contributed by atoms with E-state index in [2.05, 4.69) is 234 Å². The fourth-order valence-corrected chi connectivity index (χ4v) is 14.8. The monoisotopic (exact) mass is 1630 g/mol. The fraction of sp³-hybridized carbons (Fsp3) is 0.928. The van der Waals surface area contributed by atoms with Crippen LogP contribution in [-0.4, -0.2) is 299 Å². The number of aromatic nitrogens is 8. The number of hydrogen-bond donors (Lipinski definition) is 1. The first kappa shape index (κ1) is 109. The number of cyclic esters (lactones) is 2. The average Bonchev–Trinajstić information content (AvgIpc) is 1.72. The number of aryl methyl sites for hydroxylation is 1. The Bertz CT molecular complexity index is 3080. The molecule has 0 aliphatic carbocycles. The van der Waals surface area contributed by atoms with Crippen LogP contribution in [0.3, 0.4) is 0 Å². The molecule has 29 nitrogen and oxygen atoms in total. The van der Waals surface area contributed by atoms with E-state index in [1.165, 1.54) is 17.6 Å². The lowest BCUT2D eigenvalue weighted by Gasteiger charge is -2.45. The first-order chi connectivity index (χ1) is 50.4. The highest BCUT2D eigenvalue weighted by atomic mass is 32.2. The van der Waals surface area contributed by atoms with E-state index in [1.807, 2.05) is 46.4 Å². The van der Waals surface area contributed by atoms with E-state index in [1.54, 1.807) is 63.9 Å². The van der Waals surface area contributed by atoms with Crippen molar-refractivity contribution in [3.05, 3.63) is 12.2 Å². The highest BCUT2D eigenvalue weighted by molar-refractivity contribution is 7.89. The van der Waals surface area contributed by atoms with Crippen LogP contribution in [0.15, 0.2) is 6.33 Å². The molecule has 8 saturated heterocycles. The van der Waals surface area contributed by atoms with Crippen molar-refractivity contribution in [3.63, 3.8) is 0 Å². The standard InChI is InChI=1S/C10H20N2O.2C10H21NO.C10H16O4.C9H18O.C8H16N2O.C8H17NO.C7H15NO2S.C6H12N4.C5H10N4.H2O/c1-9(13)11-5-7-12(8-6-11)10(2,3)4;1-8-6-11(10(3,4)5)7-9(2)12-8;1-9(2,3)11-6-7-12-10(4,5)8-11;1-9(2,3)6-7(11)13-10(4,5)14-8(6)12;1-9(2,3)8-4-6-10-7-5-8;1-8(2,3)10-5-4-9-7(11)6-10;1-8(2,3)9-4-6-10-7-5-9;1-7(2,3)8-5-4-6-11(8,9)10;1-6(2,3)5-7-9-10(4)8-5;1-5(2,3)9-4-6-7-8-9;/h5-8H2,1-4H3;8-9H,6-7H2,1-5H3;6-8H2,1-5H3;6H,1-5H3;8H,4-7H2,1-3H3;4-6H2,1-3H3,(H,9,11);4-7H2,1-3H3;4-6H2,1-3H3;1-4H3;4H,1-3H3;1H2. The molecule has 10 heterocycles. The number of carbonyl (C=O) groups excluding carboxylic acids is 4. The lowest BCUT2D eigenvalue weighted by atomic mass is 9.76. The zero-order valence-corrected chi connectivity index (χ0v) is 79.5. The van der Waals surface area contributed by atoms with Gasteiger partial charge < -0.3 is 44.1 Å². The summed E-state index contributed by atoms with van der Waals surface area (Å²) in [6, 6.07) is 0. The molecule has 2 aromatic rings. The summed E-state index contributed by atoms with van der Waals surface area (Å²) in [5, 5.41) is 25.3. The second kappa shape index (κ2) is 45.1. The number of esters is 2. The van der Waals surface area contributed by atoms with Gasteiger partial charge in [-0.25, -0.2) is 13.1 Å². The van der Waals surface area contributed by atoms with Crippen LogP contribution in [-0.2, 0) is 75.6 Å². The van der Waals surface area contributed by atoms with Gasteiger partial charge in [0.25, 0.3) is 5.79 Å². The highest BCUT2D eigenvalue weighted by Crippen LogP contribution is 2.36. The van der Waals surface area contributed by atoms with Crippen LogP contribution in [0.1, 0.15) is 281 Å². The van der Waals surface area contributed by atoms with Gasteiger partial charge in [-0.2, -0.15) is 9.10 Å². The Morgan fingerprint density at radius 2 is 0.991 bits per heavy atom. The van der Waals surface area contributed by atoms with Crippen LogP contribution >= 0.6 is 0 Å². The van der Waals surface area contributed by atoms with Gasteiger partial charge >= 0.3 is 11.9 Å². The van der Waals surface area contributed by atoms with Crippen molar-refractivity contribution in [1.82, 2.24) is 79.4 Å². The number of ether oxygens (including phenoxy) is 6. The predicted octanol–water partition coefficient (Wildman–Crippen LogP) is 10.9. The SMILES string of the molecule is CC(=O)N1CCN(C(C)(C)C)CC1.CC(C)(C)C1CCOCC1.CC(C)(C)N1CCCS1(=O)=O.CC(C)(C)N1CCNC(=O)C1.CC(C)(C)N1CCOCC1.CC(C)(C)n1cnnn1.CC1(C)CN(C(C)(C)C)CCO1.CC1(C)OC(=O)C(C(C)(C)C)C(=O)O1.CC1CN(C(C)(C)C)CC(C)O1.Cn1nnc(C(C)(C)C)n1.O. The van der Waals surface area contributed by atoms with Crippen molar-refractivity contribution < 1.29 is 61.5 Å². The Morgan fingerprint density at radius 1 is 0.540 bits per heavy atom. The van der Waals surface area contributed by atoms with Crippen LogP contribution in [0.25, 0.3) is 0 Å². The maximum atomic E-state index is 11.5. The average molecular weight is 1630 g/mol. The number of amides is 2. The van der Waals surface area contributed by atoms with Crippen LogP contribution < -0.4 is 5.32 Å². The number of hydrogen-bond acceptors (Lipinski definition) is 23. The normalized spacial score (nSPS) is 22.2. The number of tetrazole rings is 2. The molecule has 30 heteroatoms. The van der Waals surface area contributed by atoms with Crippen molar-refractivity contribution >= 4 is 33.8 Å². The maximum Gasteiger partial charge on any atom is 0.324 e. The molecule has 8 fully saturated rings. The van der Waals surface area contributed by atoms with E-state index in [9.17, 15) is 27.6 Å². The second-order valence-corrected chi connectivity index (χ2v) is 43.9. The number of piperazine rings is 2. The smallest absolute Gasteiger partial charge is 0.324 e. The number of sulfonamides is 1. The Kier molecular flexibility index (Phi) is 43.3. The molecular weight excluding hydrogens is 1460 g/mol. The third-order valence-corrected chi connectivity index (χ3v) is 22.1. The Morgan fingerprint density at radius 3 is 1.27 bits per heavy atom. The van der Waals surface area contributed by atoms with Gasteiger partial charge in [0.15, 0.2) is 11.7 Å². The fourth-order valence-electron chi connectivity index (χ4n) is 12.9. The Balaban J connectivity index is 0.00000123. The van der Waals surface area contributed by atoms with E-state index in [0.29, 0.717) is 42.0 Å². The number of nitrogens with zero attached hydrogens (tertiary/aromatic N) is 15. The van der Waals surface area contributed by atoms with Gasteiger partial charge in [-0.1, -0.05) is 62.3 Å². The molecule has 0 radical (unpaired) electrons. The molecule has 2 amide bonds. The summed E-state index contributed by atoms with van der Waals surface area (Å²) in [5.74, 6) is -0.621. The summed E-state index contributed by atoms with van der Waals surface area (Å²) in [4.78, 5) is 60.5. The van der Waals surface area contributed by atoms with E-state index < -0.39 is 39.1 Å². The van der Waals surface area contributed by atoms with Gasteiger partial charge in [0.2, 0.25) is 21.8 Å². The van der Waals surface area contributed by atoms with E-state index >= 15 is 0 Å². The minimum absolute atomic E-state index is 0. The van der Waals surface area contributed by atoms with Gasteiger partial charge in [0.1, 0.15) is 6.33 Å². The zero-order chi connectivity index (χ0) is 87.1. The molecule has 0 spiro atoms. The topological polar surface area (TPSA) is 311 Å². The van der Waals surface area contributed by atoms with Crippen molar-refractivity contribution in [2.45, 2.75) is 343 Å². The molecule has 664 valence electrons. The van der Waals surface area contributed by atoms with Crippen LogP contribution in [0.2, 0.25) is 0 Å². The minimum Gasteiger partial charge on any atom is -0.422 e. The summed E-state index contributed by atoms with van der Waals surface area (Å²) < 4.78 is 57.8. The molecule has 2 aromatic heterocycles. The van der Waals surface area contributed by atoms with Crippen LogP contribution in [0, 0.1) is 22.7 Å². The molecule has 8 aliphatic rings. The Hall–Kier alpha value is -4.47. The molecule has 0 bridgehead atoms. The van der Waals surface area contributed by atoms with Crippen molar-refractivity contribution in [2.75, 3.05) is 130 Å². The second-order valence-electron chi connectivity index (χ2n) is 41.9. The number of nitrogens with one attached hydrogen (secondary N) is 1. The van der Waals surface area contributed by atoms with Gasteiger partial charge in [-0.05, 0) is 225 Å². The predicted molar refractivity (Wildman–Crippen MR) is 454 cm³/mol. The van der Waals surface area contributed by atoms with Gasteiger partial charge in [0, 0.05) is 158 Å². The highest BCUT2D eigenvalue weighted by Gasteiger charge is 2.49. The first-order valence-electron chi connectivity index (χ1n) is 41.1. The lowest BCUT2D eigenvalue weighted by Crippen LogP contribution is -2.55. The van der Waals surface area contributed by atoms with Crippen molar-refractivity contribution in [1.29, 1.82) is 0 Å². The molecule has 0 saturated carbocycles. The Labute approximate surface area is 686 Å². The van der Waals surface area contributed by atoms with Crippen LogP contribution in [0.4, 0.5) is 0 Å². The lowest BCUT2D eigenvalue weighted by molar-refractivity contribution is -0.245. The summed E-state index contributed by atoms with van der Waals surface area (Å²) in [6.45, 7) is 94.9. The van der Waals surface area contributed by atoms with Crippen molar-refractivity contribution in [3.8, 4) is 0 Å². The third kappa shape index (κ3) is 43.2. The van der Waals surface area contributed by atoms with E-state index in [4.69, 9.17) is 28.4 Å².